The number of aliphatic hydroxyl groups excluding tert-OH is 2. The van der Waals surface area contributed by atoms with E-state index in [1.54, 1.807) is 18.7 Å². The average Bonchev–Trinajstić information content (AvgIpc) is 3.17. The Kier molecular flexibility index (Phi) is 4.82. The summed E-state index contributed by atoms with van der Waals surface area (Å²) >= 11 is 0. The van der Waals surface area contributed by atoms with E-state index in [2.05, 4.69) is 22.0 Å². The van der Waals surface area contributed by atoms with Crippen LogP contribution >= 0.6 is 0 Å². The minimum absolute atomic E-state index is 0.0135. The molecule has 3 atom stereocenters. The molecule has 0 bridgehead atoms. The van der Waals surface area contributed by atoms with Crippen molar-refractivity contribution in [2.45, 2.75) is 25.1 Å². The number of benzene rings is 1. The van der Waals surface area contributed by atoms with E-state index < -0.39 is 11.9 Å². The third-order valence-electron chi connectivity index (χ3n) is 5.06. The monoisotopic (exact) mass is 391 g/mol. The van der Waals surface area contributed by atoms with Crippen LogP contribution in [0.2, 0.25) is 0 Å². The zero-order chi connectivity index (χ0) is 20.5. The number of hydrogen-bond donors (Lipinski definition) is 2. The van der Waals surface area contributed by atoms with E-state index >= 15 is 0 Å². The maximum absolute atomic E-state index is 12.7. The van der Waals surface area contributed by atoms with Gasteiger partial charge in [-0.05, 0) is 24.5 Å². The van der Waals surface area contributed by atoms with Crippen LogP contribution in [0.4, 0.5) is 0 Å². The number of carbonyl (C=O) groups excluding carboxylic acids is 1. The molecule has 1 saturated heterocycles. The van der Waals surface area contributed by atoms with Gasteiger partial charge in [-0.1, -0.05) is 36.3 Å². The summed E-state index contributed by atoms with van der Waals surface area (Å²) in [6, 6.07) is 10.9. The van der Waals surface area contributed by atoms with E-state index in [0.29, 0.717) is 12.2 Å². The van der Waals surface area contributed by atoms with Crippen molar-refractivity contribution in [1.82, 2.24) is 19.7 Å². The maximum Gasteiger partial charge on any atom is 0.275 e. The zero-order valence-electron chi connectivity index (χ0n) is 16.1. The van der Waals surface area contributed by atoms with Crippen LogP contribution in [0, 0.1) is 11.8 Å². The molecule has 2 aliphatic heterocycles. The summed E-state index contributed by atoms with van der Waals surface area (Å²) in [5.74, 6) is 5.01. The lowest BCUT2D eigenvalue weighted by Gasteiger charge is -2.44. The molecule has 4 rings (SSSR count). The van der Waals surface area contributed by atoms with Gasteiger partial charge in [-0.3, -0.25) is 9.48 Å². The first-order valence-electron chi connectivity index (χ1n) is 9.24. The van der Waals surface area contributed by atoms with Crippen LogP contribution in [0.3, 0.4) is 0 Å². The summed E-state index contributed by atoms with van der Waals surface area (Å²) < 4.78 is 1.80. The van der Waals surface area contributed by atoms with Gasteiger partial charge in [0.15, 0.2) is 11.5 Å². The number of aliphatic hydroxyl groups is 2. The van der Waals surface area contributed by atoms with Crippen molar-refractivity contribution in [3.8, 4) is 11.8 Å². The average molecular weight is 391 g/mol. The summed E-state index contributed by atoms with van der Waals surface area (Å²) in [6.45, 7) is 2.11. The Morgan fingerprint density at radius 1 is 1.24 bits per heavy atom. The second-order valence-corrected chi connectivity index (χ2v) is 6.95. The van der Waals surface area contributed by atoms with Crippen LogP contribution in [0.1, 0.15) is 24.2 Å². The highest BCUT2D eigenvalue weighted by atomic mass is 16.3. The van der Waals surface area contributed by atoms with Crippen molar-refractivity contribution in [3.63, 3.8) is 0 Å². The lowest BCUT2D eigenvalue weighted by Crippen LogP contribution is -2.56. The van der Waals surface area contributed by atoms with Gasteiger partial charge in [0.05, 0.1) is 12.3 Å². The first kappa shape index (κ1) is 18.8. The van der Waals surface area contributed by atoms with Gasteiger partial charge >= 0.3 is 0 Å². The number of piperazine rings is 1. The first-order valence-corrected chi connectivity index (χ1v) is 9.24. The van der Waals surface area contributed by atoms with Gasteiger partial charge in [0.2, 0.25) is 0 Å². The molecule has 29 heavy (non-hydrogen) atoms. The van der Waals surface area contributed by atoms with Crippen molar-refractivity contribution >= 4 is 12.1 Å². The topological polar surface area (TPSA) is 94.2 Å². The Balaban J connectivity index is 1.84. The fraction of sp³-hybridized carbons (Fsp3) is 0.286. The maximum atomic E-state index is 12.7. The normalized spacial score (nSPS) is 22.2. The van der Waals surface area contributed by atoms with E-state index in [0.717, 1.165) is 5.56 Å². The Labute approximate surface area is 168 Å². The number of hydrazone groups is 1. The predicted octanol–water partition coefficient (Wildman–Crippen LogP) is 1.12. The van der Waals surface area contributed by atoms with Crippen molar-refractivity contribution in [2.24, 2.45) is 5.10 Å². The van der Waals surface area contributed by atoms with Gasteiger partial charge in [0.1, 0.15) is 17.8 Å². The largest absolute Gasteiger partial charge is 0.507 e. The van der Waals surface area contributed by atoms with E-state index in [-0.39, 0.29) is 23.7 Å². The molecule has 0 radical (unpaired) electrons. The number of nitrogens with zero attached hydrogens (tertiary/aromatic N) is 5. The summed E-state index contributed by atoms with van der Waals surface area (Å²) in [4.78, 5) is 14.2. The number of carbonyl (C=O) groups is 1. The lowest BCUT2D eigenvalue weighted by atomic mass is 9.95. The fourth-order valence-electron chi connectivity index (χ4n) is 3.72. The Hall–Kier alpha value is -3.57. The van der Waals surface area contributed by atoms with Crippen LogP contribution < -0.4 is 0 Å². The summed E-state index contributed by atoms with van der Waals surface area (Å²) in [5.41, 5.74) is 1.60. The van der Waals surface area contributed by atoms with Gasteiger partial charge in [-0.15, -0.1) is 0 Å². The molecule has 1 aromatic heterocycles. The van der Waals surface area contributed by atoms with Crippen LogP contribution in [-0.2, 0) is 4.79 Å². The number of rotatable bonds is 3. The molecule has 2 aromatic rings. The van der Waals surface area contributed by atoms with Crippen LogP contribution in [0.15, 0.2) is 59.2 Å². The molecule has 1 fully saturated rings. The van der Waals surface area contributed by atoms with Crippen molar-refractivity contribution < 1.29 is 15.0 Å². The highest BCUT2D eigenvalue weighted by Gasteiger charge is 2.44. The Morgan fingerprint density at radius 2 is 2.00 bits per heavy atom. The van der Waals surface area contributed by atoms with Gasteiger partial charge in [-0.25, -0.2) is 5.01 Å². The molecule has 8 heteroatoms. The van der Waals surface area contributed by atoms with Crippen molar-refractivity contribution in [1.29, 1.82) is 0 Å². The van der Waals surface area contributed by atoms with Crippen molar-refractivity contribution in [3.05, 3.63) is 65.3 Å². The molecule has 2 aliphatic rings. The molecule has 3 unspecified atom stereocenters. The van der Waals surface area contributed by atoms with Crippen molar-refractivity contribution in [2.75, 3.05) is 13.6 Å². The third kappa shape index (κ3) is 3.26. The van der Waals surface area contributed by atoms with Crippen LogP contribution in [0.5, 0.6) is 0 Å². The highest BCUT2D eigenvalue weighted by Crippen LogP contribution is 2.34. The molecule has 3 heterocycles. The zero-order valence-corrected chi connectivity index (χ0v) is 16.1. The molecule has 0 saturated carbocycles. The molecule has 148 valence electrons. The summed E-state index contributed by atoms with van der Waals surface area (Å²) in [6.07, 6.45) is 1.77. The van der Waals surface area contributed by atoms with Crippen LogP contribution in [0.25, 0.3) is 0 Å². The van der Waals surface area contributed by atoms with Gasteiger partial charge in [-0.2, -0.15) is 10.2 Å². The standard InChI is InChI=1S/C21H21N5O3/c1-3-7-15-10-11-25(23-15)18(14-8-5-4-6-9-14)16-13-24(2)21(29)19-20(28)17(27)12-22-26(16)19/h4-6,8-12,16-18,27-28H,13H2,1-2H3. The molecule has 0 spiro atoms. The molecule has 1 aromatic carbocycles. The summed E-state index contributed by atoms with van der Waals surface area (Å²) in [5, 5.41) is 30.7. The number of aromatic nitrogens is 2. The number of hydrogen-bond acceptors (Lipinski definition) is 6. The third-order valence-corrected chi connectivity index (χ3v) is 5.06. The molecule has 0 aliphatic carbocycles. The lowest BCUT2D eigenvalue weighted by molar-refractivity contribution is -0.133. The van der Waals surface area contributed by atoms with E-state index in [9.17, 15) is 15.0 Å². The highest BCUT2D eigenvalue weighted by molar-refractivity contribution is 5.95. The predicted molar refractivity (Wildman–Crippen MR) is 107 cm³/mol. The quantitative estimate of drug-likeness (QED) is 0.765. The van der Waals surface area contributed by atoms with Gasteiger partial charge < -0.3 is 15.1 Å². The Morgan fingerprint density at radius 3 is 2.72 bits per heavy atom. The molecular weight excluding hydrogens is 370 g/mol. The Bertz CT molecular complexity index is 1050. The minimum Gasteiger partial charge on any atom is -0.507 e. The minimum atomic E-state index is -1.30. The fourth-order valence-corrected chi connectivity index (χ4v) is 3.72. The number of fused-ring (bicyclic) bond motifs is 1. The SMILES string of the molecule is CC#Cc1ccn(C(c2ccccc2)C2CN(C)C(=O)C3=C(O)C(O)C=NN32)n1. The number of amides is 1. The van der Waals surface area contributed by atoms with E-state index in [4.69, 9.17) is 0 Å². The van der Waals surface area contributed by atoms with E-state index in [1.165, 1.54) is 16.1 Å². The molecule has 8 nitrogen and oxygen atoms in total. The molecule has 1 amide bonds. The van der Waals surface area contributed by atoms with Crippen LogP contribution in [-0.4, -0.2) is 67.8 Å². The van der Waals surface area contributed by atoms with Gasteiger partial charge in [0.25, 0.3) is 5.91 Å². The first-order chi connectivity index (χ1) is 14.0. The second kappa shape index (κ2) is 7.45. The second-order valence-electron chi connectivity index (χ2n) is 6.95. The molecule has 2 N–H and O–H groups in total. The summed E-state index contributed by atoms with van der Waals surface area (Å²) in [7, 11) is 1.66. The number of likely N-dealkylation sites (N-methyl/N-ethyl adjacent to an activating group) is 1. The van der Waals surface area contributed by atoms with E-state index in [1.807, 2.05) is 42.6 Å². The smallest absolute Gasteiger partial charge is 0.275 e. The van der Waals surface area contributed by atoms with Gasteiger partial charge in [0, 0.05) is 19.8 Å². The molecular formula is C21H21N5O3.